The first-order chi connectivity index (χ1) is 6.09. The molecular weight excluding hydrogens is 183 g/mol. The van der Waals surface area contributed by atoms with Gasteiger partial charge in [0, 0.05) is 5.56 Å². The third kappa shape index (κ3) is 1.43. The van der Waals surface area contributed by atoms with Crippen molar-refractivity contribution in [1.82, 2.24) is 5.16 Å². The van der Waals surface area contributed by atoms with Crippen molar-refractivity contribution in [2.45, 2.75) is 31.9 Å². The van der Waals surface area contributed by atoms with E-state index in [1.165, 1.54) is 0 Å². The van der Waals surface area contributed by atoms with Crippen LogP contribution in [0, 0.1) is 0 Å². The molecule has 1 aliphatic carbocycles. The maximum absolute atomic E-state index is 12.3. The summed E-state index contributed by atoms with van der Waals surface area (Å²) < 4.78 is 41.1. The molecule has 0 radical (unpaired) electrons. The van der Waals surface area contributed by atoms with Gasteiger partial charge in [0.2, 0.25) is 5.76 Å². The number of aromatic nitrogens is 1. The number of halogens is 3. The number of rotatable bonds is 0. The van der Waals surface area contributed by atoms with Crippen LogP contribution in [0.3, 0.4) is 0 Å². The van der Waals surface area contributed by atoms with Crippen LogP contribution in [0.25, 0.3) is 0 Å². The predicted octanol–water partition coefficient (Wildman–Crippen LogP) is 2.57. The Morgan fingerprint density at radius 3 is 2.54 bits per heavy atom. The van der Waals surface area contributed by atoms with E-state index in [1.807, 2.05) is 0 Å². The maximum Gasteiger partial charge on any atom is 0.452 e. The molecule has 0 aromatic carbocycles. The van der Waals surface area contributed by atoms with Gasteiger partial charge in [-0.05, 0) is 25.7 Å². The monoisotopic (exact) mass is 191 g/mol. The SMILES string of the molecule is FC(F)(F)c1onc2c1CCCC2. The Balaban J connectivity index is 2.43. The van der Waals surface area contributed by atoms with Crippen molar-refractivity contribution in [3.8, 4) is 0 Å². The number of alkyl halides is 3. The van der Waals surface area contributed by atoms with Crippen LogP contribution in [0.5, 0.6) is 0 Å². The van der Waals surface area contributed by atoms with Gasteiger partial charge in [-0.15, -0.1) is 0 Å². The van der Waals surface area contributed by atoms with Gasteiger partial charge in [-0.25, -0.2) is 0 Å². The van der Waals surface area contributed by atoms with Gasteiger partial charge in [-0.3, -0.25) is 0 Å². The minimum atomic E-state index is -4.39. The third-order valence-electron chi connectivity index (χ3n) is 2.22. The molecule has 1 aromatic rings. The molecule has 0 atom stereocenters. The minimum absolute atomic E-state index is 0.263. The van der Waals surface area contributed by atoms with Crippen LogP contribution >= 0.6 is 0 Å². The Hall–Kier alpha value is -1.00. The molecule has 0 spiro atoms. The van der Waals surface area contributed by atoms with Gasteiger partial charge in [0.05, 0.1) is 5.69 Å². The molecule has 2 rings (SSSR count). The van der Waals surface area contributed by atoms with Crippen molar-refractivity contribution < 1.29 is 17.7 Å². The zero-order valence-electron chi connectivity index (χ0n) is 6.82. The van der Waals surface area contributed by atoms with Crippen molar-refractivity contribution in [2.24, 2.45) is 0 Å². The highest BCUT2D eigenvalue weighted by molar-refractivity contribution is 5.27. The van der Waals surface area contributed by atoms with Gasteiger partial charge in [-0.2, -0.15) is 13.2 Å². The highest BCUT2D eigenvalue weighted by atomic mass is 19.4. The van der Waals surface area contributed by atoms with Gasteiger partial charge in [0.25, 0.3) is 0 Å². The number of fused-ring (bicyclic) bond motifs is 1. The molecule has 1 aliphatic rings. The van der Waals surface area contributed by atoms with E-state index >= 15 is 0 Å². The summed E-state index contributed by atoms with van der Waals surface area (Å²) in [4.78, 5) is 0. The lowest BCUT2D eigenvalue weighted by atomic mass is 9.96. The summed E-state index contributed by atoms with van der Waals surface area (Å²) in [6.45, 7) is 0. The molecule has 0 saturated carbocycles. The third-order valence-corrected chi connectivity index (χ3v) is 2.22. The second-order valence-corrected chi connectivity index (χ2v) is 3.14. The van der Waals surface area contributed by atoms with Crippen LogP contribution in [0.15, 0.2) is 4.52 Å². The van der Waals surface area contributed by atoms with E-state index in [-0.39, 0.29) is 5.56 Å². The van der Waals surface area contributed by atoms with Crippen LogP contribution in [0.2, 0.25) is 0 Å². The summed E-state index contributed by atoms with van der Waals surface area (Å²) in [7, 11) is 0. The fourth-order valence-corrected chi connectivity index (χ4v) is 1.61. The van der Waals surface area contributed by atoms with Crippen LogP contribution < -0.4 is 0 Å². The van der Waals surface area contributed by atoms with Gasteiger partial charge in [0.1, 0.15) is 0 Å². The van der Waals surface area contributed by atoms with Gasteiger partial charge in [0.15, 0.2) is 0 Å². The van der Waals surface area contributed by atoms with Crippen molar-refractivity contribution in [1.29, 1.82) is 0 Å². The minimum Gasteiger partial charge on any atom is -0.351 e. The molecule has 0 aliphatic heterocycles. The quantitative estimate of drug-likeness (QED) is 0.629. The number of hydrogen-bond acceptors (Lipinski definition) is 2. The lowest BCUT2D eigenvalue weighted by molar-refractivity contribution is -0.156. The Bertz CT molecular complexity index is 316. The van der Waals surface area contributed by atoms with Crippen molar-refractivity contribution in [3.05, 3.63) is 17.0 Å². The molecule has 2 nitrogen and oxygen atoms in total. The van der Waals surface area contributed by atoms with Gasteiger partial charge in [-0.1, -0.05) is 5.16 Å². The van der Waals surface area contributed by atoms with E-state index in [0.717, 1.165) is 12.8 Å². The lowest BCUT2D eigenvalue weighted by Gasteiger charge is -2.10. The molecule has 13 heavy (non-hydrogen) atoms. The van der Waals surface area contributed by atoms with Crippen LogP contribution in [0.1, 0.15) is 29.9 Å². The normalized spacial score (nSPS) is 17.2. The second kappa shape index (κ2) is 2.75. The van der Waals surface area contributed by atoms with Crippen LogP contribution in [-0.4, -0.2) is 5.16 Å². The molecule has 0 N–H and O–H groups in total. The fourth-order valence-electron chi connectivity index (χ4n) is 1.61. The van der Waals surface area contributed by atoms with Gasteiger partial charge >= 0.3 is 6.18 Å². The maximum atomic E-state index is 12.3. The number of hydrogen-bond donors (Lipinski definition) is 0. The Morgan fingerprint density at radius 1 is 1.15 bits per heavy atom. The number of nitrogens with zero attached hydrogens (tertiary/aromatic N) is 1. The molecule has 0 saturated heterocycles. The van der Waals surface area contributed by atoms with Crippen LogP contribution in [0.4, 0.5) is 13.2 Å². The lowest BCUT2D eigenvalue weighted by Crippen LogP contribution is -2.10. The summed E-state index contributed by atoms with van der Waals surface area (Å²) in [6, 6.07) is 0. The second-order valence-electron chi connectivity index (χ2n) is 3.14. The summed E-state index contributed by atoms with van der Waals surface area (Å²) in [5, 5.41) is 3.43. The van der Waals surface area contributed by atoms with Crippen molar-refractivity contribution >= 4 is 0 Å². The standard InChI is InChI=1S/C8H8F3NO/c9-8(10,11)7-5-3-1-2-4-6(5)12-13-7/h1-4H2. The van der Waals surface area contributed by atoms with E-state index in [9.17, 15) is 13.2 Å². The van der Waals surface area contributed by atoms with Crippen LogP contribution in [-0.2, 0) is 19.0 Å². The molecule has 1 heterocycles. The Labute approximate surface area is 72.7 Å². The zero-order chi connectivity index (χ0) is 9.47. The van der Waals surface area contributed by atoms with Crippen molar-refractivity contribution in [2.75, 3.05) is 0 Å². The molecule has 72 valence electrons. The Morgan fingerprint density at radius 2 is 1.85 bits per heavy atom. The first kappa shape index (κ1) is 8.59. The van der Waals surface area contributed by atoms with E-state index in [0.29, 0.717) is 18.5 Å². The van der Waals surface area contributed by atoms with Gasteiger partial charge < -0.3 is 4.52 Å². The topological polar surface area (TPSA) is 26.0 Å². The molecule has 0 bridgehead atoms. The summed E-state index contributed by atoms with van der Waals surface area (Å²) in [5.41, 5.74) is 0.748. The predicted molar refractivity (Wildman–Crippen MR) is 38.1 cm³/mol. The van der Waals surface area contributed by atoms with Crippen molar-refractivity contribution in [3.63, 3.8) is 0 Å². The summed E-state index contributed by atoms with van der Waals surface area (Å²) >= 11 is 0. The van der Waals surface area contributed by atoms with E-state index in [1.54, 1.807) is 0 Å². The largest absolute Gasteiger partial charge is 0.452 e. The molecule has 0 fully saturated rings. The fraction of sp³-hybridized carbons (Fsp3) is 0.625. The highest BCUT2D eigenvalue weighted by Gasteiger charge is 2.40. The molecule has 0 amide bonds. The van der Waals surface area contributed by atoms with E-state index < -0.39 is 11.9 Å². The molecule has 5 heteroatoms. The molecular formula is C8H8F3NO. The van der Waals surface area contributed by atoms with E-state index in [2.05, 4.69) is 9.68 Å². The van der Waals surface area contributed by atoms with E-state index in [4.69, 9.17) is 0 Å². The first-order valence-corrected chi connectivity index (χ1v) is 4.13. The zero-order valence-corrected chi connectivity index (χ0v) is 6.82. The Kier molecular flexibility index (Phi) is 1.82. The average molecular weight is 191 g/mol. The summed E-state index contributed by atoms with van der Waals surface area (Å²) in [6.07, 6.45) is -1.66. The summed E-state index contributed by atoms with van der Waals surface area (Å²) in [5.74, 6) is -0.901. The average Bonchev–Trinajstić information content (AvgIpc) is 2.45. The number of aryl methyl sites for hydroxylation is 1. The molecule has 0 unspecified atom stereocenters. The molecule has 1 aromatic heterocycles. The smallest absolute Gasteiger partial charge is 0.351 e. The highest BCUT2D eigenvalue weighted by Crippen LogP contribution is 2.36. The first-order valence-electron chi connectivity index (χ1n) is 4.13.